The van der Waals surface area contributed by atoms with E-state index in [1.54, 1.807) is 0 Å². The van der Waals surface area contributed by atoms with Crippen molar-refractivity contribution in [3.05, 3.63) is 52.5 Å². The molecule has 2 aromatic rings. The van der Waals surface area contributed by atoms with E-state index in [1.807, 2.05) is 38.1 Å². The molecule has 19 heavy (non-hydrogen) atoms. The van der Waals surface area contributed by atoms with E-state index < -0.39 is 0 Å². The van der Waals surface area contributed by atoms with Crippen LogP contribution < -0.4 is 11.1 Å². The van der Waals surface area contributed by atoms with Crippen LogP contribution in [0.25, 0.3) is 0 Å². The number of benzene rings is 1. The highest BCUT2D eigenvalue weighted by Crippen LogP contribution is 2.30. The maximum atomic E-state index is 11.4. The molecular formula is C15H16N2O2. The van der Waals surface area contributed by atoms with Gasteiger partial charge in [0.25, 0.3) is 0 Å². The number of fused-ring (bicyclic) bond motifs is 1. The van der Waals surface area contributed by atoms with Crippen LogP contribution in [0.15, 0.2) is 28.7 Å². The third kappa shape index (κ3) is 2.04. The molecule has 3 N–H and O–H groups in total. The first-order chi connectivity index (χ1) is 9.04. The fourth-order valence-electron chi connectivity index (χ4n) is 2.58. The second-order valence-electron chi connectivity index (χ2n) is 4.99. The van der Waals surface area contributed by atoms with E-state index in [-0.39, 0.29) is 11.9 Å². The molecule has 98 valence electrons. The van der Waals surface area contributed by atoms with Crippen molar-refractivity contribution in [2.24, 2.45) is 5.73 Å². The average molecular weight is 256 g/mol. The van der Waals surface area contributed by atoms with Crippen molar-refractivity contribution < 1.29 is 9.21 Å². The zero-order chi connectivity index (χ0) is 13.6. The fraction of sp³-hybridized carbons (Fsp3) is 0.267. The molecule has 1 atom stereocenters. The van der Waals surface area contributed by atoms with Gasteiger partial charge in [0.1, 0.15) is 11.5 Å². The van der Waals surface area contributed by atoms with Gasteiger partial charge in [-0.2, -0.15) is 0 Å². The lowest BCUT2D eigenvalue weighted by Gasteiger charge is -2.12. The quantitative estimate of drug-likeness (QED) is 0.867. The Kier molecular flexibility index (Phi) is 2.68. The van der Waals surface area contributed by atoms with E-state index in [9.17, 15) is 4.79 Å². The van der Waals surface area contributed by atoms with Crippen LogP contribution in [0.2, 0.25) is 0 Å². The van der Waals surface area contributed by atoms with Gasteiger partial charge < -0.3 is 15.5 Å². The third-order valence-corrected chi connectivity index (χ3v) is 3.53. The summed E-state index contributed by atoms with van der Waals surface area (Å²) >= 11 is 0. The van der Waals surface area contributed by atoms with Gasteiger partial charge in [0.2, 0.25) is 5.91 Å². The topological polar surface area (TPSA) is 68.3 Å². The van der Waals surface area contributed by atoms with E-state index in [0.29, 0.717) is 6.42 Å². The lowest BCUT2D eigenvalue weighted by atomic mass is 9.97. The van der Waals surface area contributed by atoms with E-state index in [2.05, 4.69) is 5.32 Å². The van der Waals surface area contributed by atoms with Gasteiger partial charge in [-0.25, -0.2) is 0 Å². The number of carbonyl (C=O) groups excluding carboxylic acids is 1. The molecule has 4 heteroatoms. The molecule has 3 rings (SSSR count). The summed E-state index contributed by atoms with van der Waals surface area (Å²) in [5, 5.41) is 2.82. The van der Waals surface area contributed by atoms with Crippen LogP contribution in [0.1, 0.15) is 34.3 Å². The molecule has 2 heterocycles. The second-order valence-corrected chi connectivity index (χ2v) is 4.99. The molecule has 1 amide bonds. The molecule has 0 fully saturated rings. The Balaban J connectivity index is 1.97. The highest BCUT2D eigenvalue weighted by Gasteiger charge is 2.21. The Bertz CT molecular complexity index is 658. The van der Waals surface area contributed by atoms with Crippen molar-refractivity contribution in [2.45, 2.75) is 26.3 Å². The predicted octanol–water partition coefficient (Wildman–Crippen LogP) is 2.44. The molecule has 1 aromatic carbocycles. The SMILES string of the molecule is Cc1cc(C(N)c2ccc3c(c2)CC(=O)N3)c(C)o1. The van der Waals surface area contributed by atoms with Crippen LogP contribution in [0.3, 0.4) is 0 Å². The summed E-state index contributed by atoms with van der Waals surface area (Å²) in [7, 11) is 0. The first-order valence-electron chi connectivity index (χ1n) is 6.30. The Labute approximate surface area is 111 Å². The first kappa shape index (κ1) is 12.0. The summed E-state index contributed by atoms with van der Waals surface area (Å²) in [5.41, 5.74) is 10.2. The second kappa shape index (κ2) is 4.24. The fourth-order valence-corrected chi connectivity index (χ4v) is 2.58. The molecule has 0 aliphatic carbocycles. The molecule has 1 aliphatic rings. The van der Waals surface area contributed by atoms with E-state index in [1.165, 1.54) is 0 Å². The minimum Gasteiger partial charge on any atom is -0.466 e. The van der Waals surface area contributed by atoms with Crippen molar-refractivity contribution in [1.82, 2.24) is 0 Å². The van der Waals surface area contributed by atoms with Crippen LogP contribution in [0.5, 0.6) is 0 Å². The number of hydrogen-bond acceptors (Lipinski definition) is 3. The zero-order valence-corrected chi connectivity index (χ0v) is 11.0. The summed E-state index contributed by atoms with van der Waals surface area (Å²) in [6.45, 7) is 3.83. The summed E-state index contributed by atoms with van der Waals surface area (Å²) < 4.78 is 5.52. The van der Waals surface area contributed by atoms with Crippen molar-refractivity contribution >= 4 is 11.6 Å². The first-order valence-corrected chi connectivity index (χ1v) is 6.30. The molecule has 4 nitrogen and oxygen atoms in total. The summed E-state index contributed by atoms with van der Waals surface area (Å²) in [4.78, 5) is 11.4. The van der Waals surface area contributed by atoms with Crippen molar-refractivity contribution in [1.29, 1.82) is 0 Å². The van der Waals surface area contributed by atoms with Crippen molar-refractivity contribution in [3.8, 4) is 0 Å². The number of nitrogens with two attached hydrogens (primary N) is 1. The molecule has 0 saturated heterocycles. The lowest BCUT2D eigenvalue weighted by molar-refractivity contribution is -0.115. The largest absolute Gasteiger partial charge is 0.466 e. The summed E-state index contributed by atoms with van der Waals surface area (Å²) in [6.07, 6.45) is 0.430. The van der Waals surface area contributed by atoms with Crippen LogP contribution in [-0.4, -0.2) is 5.91 Å². The molecule has 0 bridgehead atoms. The van der Waals surface area contributed by atoms with E-state index >= 15 is 0 Å². The van der Waals surface area contributed by atoms with Crippen molar-refractivity contribution in [3.63, 3.8) is 0 Å². The summed E-state index contributed by atoms with van der Waals surface area (Å²) in [6, 6.07) is 7.61. The molecule has 1 unspecified atom stereocenters. The Morgan fingerprint density at radius 1 is 1.32 bits per heavy atom. The van der Waals surface area contributed by atoms with Gasteiger partial charge in [-0.05, 0) is 37.1 Å². The van der Waals surface area contributed by atoms with Crippen LogP contribution in [0.4, 0.5) is 5.69 Å². The number of anilines is 1. The molecule has 0 saturated carbocycles. The molecule has 1 aromatic heterocycles. The predicted molar refractivity (Wildman–Crippen MR) is 73.0 cm³/mol. The van der Waals surface area contributed by atoms with Gasteiger partial charge in [0.15, 0.2) is 0 Å². The molecule has 0 radical (unpaired) electrons. The van der Waals surface area contributed by atoms with Gasteiger partial charge in [0, 0.05) is 11.3 Å². The molecular weight excluding hydrogens is 240 g/mol. The number of nitrogens with one attached hydrogen (secondary N) is 1. The third-order valence-electron chi connectivity index (χ3n) is 3.53. The van der Waals surface area contributed by atoms with Gasteiger partial charge in [-0.3, -0.25) is 4.79 Å². The average Bonchev–Trinajstić information content (AvgIpc) is 2.88. The monoisotopic (exact) mass is 256 g/mol. The van der Waals surface area contributed by atoms with Gasteiger partial charge >= 0.3 is 0 Å². The smallest absolute Gasteiger partial charge is 0.228 e. The maximum Gasteiger partial charge on any atom is 0.228 e. The highest BCUT2D eigenvalue weighted by molar-refractivity contribution is 5.99. The minimum atomic E-state index is -0.224. The van der Waals surface area contributed by atoms with E-state index in [4.69, 9.17) is 10.2 Å². The number of carbonyl (C=O) groups is 1. The Hall–Kier alpha value is -2.07. The van der Waals surface area contributed by atoms with Crippen LogP contribution in [-0.2, 0) is 11.2 Å². The van der Waals surface area contributed by atoms with Crippen molar-refractivity contribution in [2.75, 3.05) is 5.32 Å². The standard InChI is InChI=1S/C15H16N2O2/c1-8-5-12(9(2)19-8)15(16)10-3-4-13-11(6-10)7-14(18)17-13/h3-6,15H,7,16H2,1-2H3,(H,17,18). The maximum absolute atomic E-state index is 11.4. The van der Waals surface area contributed by atoms with Crippen LogP contribution >= 0.6 is 0 Å². The Morgan fingerprint density at radius 3 is 2.79 bits per heavy atom. The normalized spacial score (nSPS) is 15.2. The number of furan rings is 1. The van der Waals surface area contributed by atoms with Crippen LogP contribution in [0, 0.1) is 13.8 Å². The highest BCUT2D eigenvalue weighted by atomic mass is 16.3. The summed E-state index contributed by atoms with van der Waals surface area (Å²) in [5.74, 6) is 1.75. The number of aryl methyl sites for hydroxylation is 2. The number of amides is 1. The van der Waals surface area contributed by atoms with Gasteiger partial charge in [0.05, 0.1) is 12.5 Å². The molecule has 0 spiro atoms. The minimum absolute atomic E-state index is 0.0380. The number of rotatable bonds is 2. The van der Waals surface area contributed by atoms with E-state index in [0.717, 1.165) is 33.9 Å². The Morgan fingerprint density at radius 2 is 2.11 bits per heavy atom. The molecule has 1 aliphatic heterocycles. The lowest BCUT2D eigenvalue weighted by Crippen LogP contribution is -2.12. The zero-order valence-electron chi connectivity index (χ0n) is 11.0. The van der Waals surface area contributed by atoms with Gasteiger partial charge in [-0.1, -0.05) is 12.1 Å². The number of hydrogen-bond donors (Lipinski definition) is 2. The van der Waals surface area contributed by atoms with Gasteiger partial charge in [-0.15, -0.1) is 0 Å².